The van der Waals surface area contributed by atoms with Crippen LogP contribution in [0.2, 0.25) is 0 Å². The molecule has 0 saturated carbocycles. The molecule has 0 aliphatic rings. The van der Waals surface area contributed by atoms with Gasteiger partial charge in [-0.3, -0.25) is 9.59 Å². The number of hydrogen-bond donors (Lipinski definition) is 1. The van der Waals surface area contributed by atoms with Crippen molar-refractivity contribution in [3.8, 4) is 17.2 Å². The summed E-state index contributed by atoms with van der Waals surface area (Å²) in [5.74, 6) is 0.708. The van der Waals surface area contributed by atoms with Crippen molar-refractivity contribution in [3.63, 3.8) is 0 Å². The molecule has 0 bridgehead atoms. The van der Waals surface area contributed by atoms with Crippen LogP contribution in [0.15, 0.2) is 42.5 Å². The van der Waals surface area contributed by atoms with Gasteiger partial charge in [-0.2, -0.15) is 0 Å². The number of rotatable bonds is 6. The van der Waals surface area contributed by atoms with Gasteiger partial charge in [0.1, 0.15) is 23.5 Å². The van der Waals surface area contributed by atoms with Crippen LogP contribution in [0.5, 0.6) is 17.2 Å². The van der Waals surface area contributed by atoms with E-state index >= 15 is 0 Å². The van der Waals surface area contributed by atoms with E-state index in [0.29, 0.717) is 36.6 Å². The van der Waals surface area contributed by atoms with Crippen LogP contribution in [-0.4, -0.2) is 30.9 Å². The van der Waals surface area contributed by atoms with E-state index in [4.69, 9.17) is 9.47 Å². The second-order valence-corrected chi connectivity index (χ2v) is 4.37. The Bertz CT molecular complexity index is 596. The quantitative estimate of drug-likeness (QED) is 0.826. The van der Waals surface area contributed by atoms with E-state index < -0.39 is 0 Å². The number of aldehydes is 2. The summed E-state index contributed by atoms with van der Waals surface area (Å²) in [7, 11) is 0. The van der Waals surface area contributed by atoms with Gasteiger partial charge in [0.25, 0.3) is 0 Å². The van der Waals surface area contributed by atoms with Crippen LogP contribution in [0.3, 0.4) is 0 Å². The minimum atomic E-state index is 0.0208. The first-order chi connectivity index (χ1) is 11.2. The molecule has 0 aromatic heterocycles. The van der Waals surface area contributed by atoms with E-state index in [1.165, 1.54) is 12.1 Å². The molecule has 2 rings (SSSR count). The molecule has 0 heterocycles. The van der Waals surface area contributed by atoms with Crippen molar-refractivity contribution >= 4 is 12.6 Å². The molecule has 0 aliphatic carbocycles. The van der Waals surface area contributed by atoms with Crippen LogP contribution in [0.1, 0.15) is 34.6 Å². The molecule has 2 aromatic carbocycles. The second-order valence-electron chi connectivity index (χ2n) is 4.37. The minimum absolute atomic E-state index is 0.0208. The van der Waals surface area contributed by atoms with Gasteiger partial charge in [-0.05, 0) is 13.8 Å². The molecule has 0 amide bonds. The SMILES string of the molecule is CCOc1cc(O)cc(OCC)c1C=O.O=Cc1ccccc1. The van der Waals surface area contributed by atoms with Crippen molar-refractivity contribution in [2.45, 2.75) is 13.8 Å². The third kappa shape index (κ3) is 5.82. The number of phenolic OH excluding ortho intramolecular Hbond substituents is 1. The highest BCUT2D eigenvalue weighted by Crippen LogP contribution is 2.32. The number of hydrogen-bond acceptors (Lipinski definition) is 5. The molecule has 0 aliphatic heterocycles. The Morgan fingerprint density at radius 2 is 1.43 bits per heavy atom. The van der Waals surface area contributed by atoms with Crippen molar-refractivity contribution < 1.29 is 24.2 Å². The van der Waals surface area contributed by atoms with E-state index in [0.717, 1.165) is 11.8 Å². The molecule has 5 heteroatoms. The molecule has 0 radical (unpaired) electrons. The molecule has 0 fully saturated rings. The summed E-state index contributed by atoms with van der Waals surface area (Å²) in [6.07, 6.45) is 1.50. The molecule has 0 spiro atoms. The minimum Gasteiger partial charge on any atom is -0.508 e. The molecule has 0 unspecified atom stereocenters. The molecule has 0 atom stereocenters. The number of benzene rings is 2. The van der Waals surface area contributed by atoms with Crippen molar-refractivity contribution in [1.82, 2.24) is 0 Å². The number of carbonyl (C=O) groups is 2. The highest BCUT2D eigenvalue weighted by Gasteiger charge is 2.12. The molecule has 0 saturated heterocycles. The Morgan fingerprint density at radius 3 is 1.78 bits per heavy atom. The predicted octanol–water partition coefficient (Wildman–Crippen LogP) is 3.50. The van der Waals surface area contributed by atoms with E-state index in [1.807, 2.05) is 18.2 Å². The molecule has 1 N–H and O–H groups in total. The summed E-state index contributed by atoms with van der Waals surface area (Å²) in [4.78, 5) is 20.9. The summed E-state index contributed by atoms with van der Waals surface area (Å²) in [5.41, 5.74) is 1.06. The summed E-state index contributed by atoms with van der Waals surface area (Å²) < 4.78 is 10.4. The van der Waals surface area contributed by atoms with Crippen molar-refractivity contribution in [1.29, 1.82) is 0 Å². The van der Waals surface area contributed by atoms with Crippen LogP contribution < -0.4 is 9.47 Å². The normalized spacial score (nSPS) is 9.30. The topological polar surface area (TPSA) is 72.8 Å². The fourth-order valence-electron chi connectivity index (χ4n) is 1.78. The predicted molar refractivity (Wildman–Crippen MR) is 87.7 cm³/mol. The lowest BCUT2D eigenvalue weighted by atomic mass is 10.2. The van der Waals surface area contributed by atoms with Crippen molar-refractivity contribution in [2.75, 3.05) is 13.2 Å². The van der Waals surface area contributed by atoms with Crippen LogP contribution in [0, 0.1) is 0 Å². The van der Waals surface area contributed by atoms with Gasteiger partial charge < -0.3 is 14.6 Å². The van der Waals surface area contributed by atoms with E-state index in [9.17, 15) is 14.7 Å². The fourth-order valence-corrected chi connectivity index (χ4v) is 1.78. The standard InChI is InChI=1S/C11H14O4.C7H6O/c1-3-14-10-5-8(13)6-11(15-4-2)9(10)7-12;8-6-7-4-2-1-3-5-7/h5-7,13H,3-4H2,1-2H3;1-6H. The smallest absolute Gasteiger partial charge is 0.157 e. The lowest BCUT2D eigenvalue weighted by Gasteiger charge is -2.11. The summed E-state index contributed by atoms with van der Waals surface area (Å²) >= 11 is 0. The second kappa shape index (κ2) is 10.00. The Labute approximate surface area is 135 Å². The van der Waals surface area contributed by atoms with Gasteiger partial charge in [0, 0.05) is 17.7 Å². The maximum atomic E-state index is 10.9. The third-order valence-electron chi connectivity index (χ3n) is 2.74. The third-order valence-corrected chi connectivity index (χ3v) is 2.74. The van der Waals surface area contributed by atoms with Crippen LogP contribution in [-0.2, 0) is 0 Å². The van der Waals surface area contributed by atoms with Gasteiger partial charge in [-0.25, -0.2) is 0 Å². The Morgan fingerprint density at radius 1 is 0.913 bits per heavy atom. The van der Waals surface area contributed by atoms with Gasteiger partial charge in [0.15, 0.2) is 6.29 Å². The average Bonchev–Trinajstić information content (AvgIpc) is 2.57. The van der Waals surface area contributed by atoms with E-state index in [2.05, 4.69) is 0 Å². The molecule has 122 valence electrons. The zero-order chi connectivity index (χ0) is 17.1. The number of aromatic hydroxyl groups is 1. The highest BCUT2D eigenvalue weighted by molar-refractivity contribution is 5.84. The largest absolute Gasteiger partial charge is 0.508 e. The molecule has 5 nitrogen and oxygen atoms in total. The lowest BCUT2D eigenvalue weighted by molar-refractivity contribution is 0.111. The van der Waals surface area contributed by atoms with E-state index in [-0.39, 0.29) is 5.75 Å². The van der Waals surface area contributed by atoms with Gasteiger partial charge in [-0.15, -0.1) is 0 Å². The highest BCUT2D eigenvalue weighted by atomic mass is 16.5. The Hall–Kier alpha value is -2.82. The average molecular weight is 316 g/mol. The maximum Gasteiger partial charge on any atom is 0.157 e. The number of ether oxygens (including phenoxy) is 2. The van der Waals surface area contributed by atoms with Gasteiger partial charge in [-0.1, -0.05) is 30.3 Å². The molecular formula is C18H20O5. The van der Waals surface area contributed by atoms with Crippen LogP contribution in [0.4, 0.5) is 0 Å². The van der Waals surface area contributed by atoms with Crippen LogP contribution >= 0.6 is 0 Å². The number of carbonyl (C=O) groups excluding carboxylic acids is 2. The molecule has 2 aromatic rings. The summed E-state index contributed by atoms with van der Waals surface area (Å²) in [6.45, 7) is 4.46. The maximum absolute atomic E-state index is 10.9. The lowest BCUT2D eigenvalue weighted by Crippen LogP contribution is -2.00. The number of phenols is 1. The van der Waals surface area contributed by atoms with Gasteiger partial charge in [0.2, 0.25) is 0 Å². The summed E-state index contributed by atoms with van der Waals surface area (Å²) in [6, 6.07) is 11.9. The van der Waals surface area contributed by atoms with Crippen LogP contribution in [0.25, 0.3) is 0 Å². The molecule has 23 heavy (non-hydrogen) atoms. The first kappa shape index (κ1) is 18.2. The first-order valence-corrected chi connectivity index (χ1v) is 7.24. The summed E-state index contributed by atoms with van der Waals surface area (Å²) in [5, 5.41) is 9.39. The first-order valence-electron chi connectivity index (χ1n) is 7.24. The van der Waals surface area contributed by atoms with Gasteiger partial charge >= 0.3 is 0 Å². The zero-order valence-corrected chi connectivity index (χ0v) is 13.2. The Kier molecular flexibility index (Phi) is 7.92. The Balaban J connectivity index is 0.000000277. The van der Waals surface area contributed by atoms with Crippen molar-refractivity contribution in [2.24, 2.45) is 0 Å². The fraction of sp³-hybridized carbons (Fsp3) is 0.222. The van der Waals surface area contributed by atoms with Gasteiger partial charge in [0.05, 0.1) is 18.8 Å². The molecular weight excluding hydrogens is 296 g/mol. The van der Waals surface area contributed by atoms with Crippen molar-refractivity contribution in [3.05, 3.63) is 53.6 Å². The zero-order valence-electron chi connectivity index (χ0n) is 13.2. The van der Waals surface area contributed by atoms with E-state index in [1.54, 1.807) is 26.0 Å². The monoisotopic (exact) mass is 316 g/mol.